The first-order valence-electron chi connectivity index (χ1n) is 9.08. The molecule has 4 rings (SSSR count). The van der Waals surface area contributed by atoms with E-state index in [0.717, 1.165) is 16.5 Å². The van der Waals surface area contributed by atoms with E-state index in [-0.39, 0.29) is 17.7 Å². The number of likely N-dealkylation sites (tertiary alicyclic amines) is 1. The van der Waals surface area contributed by atoms with Gasteiger partial charge in [-0.2, -0.15) is 5.10 Å². The molecule has 0 aliphatic carbocycles. The number of hydrogen-bond donors (Lipinski definition) is 2. The number of anilines is 1. The number of piperidine rings is 1. The second-order valence-electron chi connectivity index (χ2n) is 6.89. The maximum atomic E-state index is 12.8. The number of rotatable bonds is 3. The Morgan fingerprint density at radius 2 is 1.93 bits per heavy atom. The van der Waals surface area contributed by atoms with Gasteiger partial charge in [-0.15, -0.1) is 0 Å². The summed E-state index contributed by atoms with van der Waals surface area (Å²) in [6, 6.07) is 11.3. The predicted octanol–water partition coefficient (Wildman–Crippen LogP) is 2.76. The lowest BCUT2D eigenvalue weighted by Crippen LogP contribution is -2.41. The molecule has 3 heterocycles. The van der Waals surface area contributed by atoms with Gasteiger partial charge in [0.25, 0.3) is 5.91 Å². The summed E-state index contributed by atoms with van der Waals surface area (Å²) in [4.78, 5) is 31.3. The van der Waals surface area contributed by atoms with Gasteiger partial charge in [-0.1, -0.05) is 24.3 Å². The van der Waals surface area contributed by atoms with Gasteiger partial charge >= 0.3 is 0 Å². The molecule has 0 unspecified atom stereocenters. The molecule has 7 heteroatoms. The third-order valence-electron chi connectivity index (χ3n) is 4.99. The van der Waals surface area contributed by atoms with Crippen LogP contribution in [0.25, 0.3) is 10.9 Å². The van der Waals surface area contributed by atoms with E-state index >= 15 is 0 Å². The first kappa shape index (κ1) is 17.2. The summed E-state index contributed by atoms with van der Waals surface area (Å²) in [6.45, 7) is 3.03. The third kappa shape index (κ3) is 3.53. The minimum absolute atomic E-state index is 0.0383. The number of fused-ring (bicyclic) bond motifs is 1. The summed E-state index contributed by atoms with van der Waals surface area (Å²) in [5.74, 6) is 0.315. The van der Waals surface area contributed by atoms with E-state index in [1.165, 1.54) is 0 Å². The zero-order valence-corrected chi connectivity index (χ0v) is 15.1. The van der Waals surface area contributed by atoms with Crippen molar-refractivity contribution in [2.75, 3.05) is 18.4 Å². The molecule has 1 saturated heterocycles. The Balaban J connectivity index is 1.37. The van der Waals surface area contributed by atoms with Gasteiger partial charge in [-0.3, -0.25) is 14.7 Å². The number of H-pyrrole nitrogens is 1. The van der Waals surface area contributed by atoms with Crippen LogP contribution in [0, 0.1) is 12.8 Å². The maximum absolute atomic E-state index is 12.8. The van der Waals surface area contributed by atoms with Gasteiger partial charge in [0.2, 0.25) is 5.91 Å². The Hall–Kier alpha value is -3.22. The zero-order chi connectivity index (χ0) is 18.8. The minimum Gasteiger partial charge on any atom is -0.337 e. The average Bonchev–Trinajstić information content (AvgIpc) is 3.13. The minimum atomic E-state index is -0.118. The summed E-state index contributed by atoms with van der Waals surface area (Å²) in [6.07, 6.45) is 2.99. The molecule has 27 heavy (non-hydrogen) atoms. The van der Waals surface area contributed by atoms with Gasteiger partial charge in [-0.25, -0.2) is 4.98 Å². The fourth-order valence-corrected chi connectivity index (χ4v) is 3.39. The van der Waals surface area contributed by atoms with Crippen LogP contribution in [0.15, 0.2) is 42.6 Å². The number of hydrogen-bond acceptors (Lipinski definition) is 4. The summed E-state index contributed by atoms with van der Waals surface area (Å²) in [5.41, 5.74) is 2.34. The van der Waals surface area contributed by atoms with Crippen LogP contribution in [-0.2, 0) is 4.79 Å². The van der Waals surface area contributed by atoms with Gasteiger partial charge in [0.15, 0.2) is 5.69 Å². The number of benzene rings is 1. The Labute approximate surface area is 156 Å². The second kappa shape index (κ2) is 7.19. The van der Waals surface area contributed by atoms with E-state index in [9.17, 15) is 9.59 Å². The lowest BCUT2D eigenvalue weighted by atomic mass is 9.95. The number of carbonyl (C=O) groups is 2. The zero-order valence-electron chi connectivity index (χ0n) is 15.1. The van der Waals surface area contributed by atoms with Gasteiger partial charge in [0.05, 0.1) is 5.52 Å². The van der Waals surface area contributed by atoms with Crippen molar-refractivity contribution in [3.05, 3.63) is 53.9 Å². The van der Waals surface area contributed by atoms with E-state index in [1.807, 2.05) is 37.3 Å². The van der Waals surface area contributed by atoms with Gasteiger partial charge < -0.3 is 10.2 Å². The third-order valence-corrected chi connectivity index (χ3v) is 4.99. The molecule has 138 valence electrons. The van der Waals surface area contributed by atoms with E-state index in [0.29, 0.717) is 37.4 Å². The average molecular weight is 363 g/mol. The predicted molar refractivity (Wildman–Crippen MR) is 102 cm³/mol. The normalized spacial score (nSPS) is 15.1. The van der Waals surface area contributed by atoms with E-state index in [1.54, 1.807) is 17.2 Å². The molecule has 2 N–H and O–H groups in total. The summed E-state index contributed by atoms with van der Waals surface area (Å²) in [7, 11) is 0. The lowest BCUT2D eigenvalue weighted by Gasteiger charge is -2.30. The number of aryl methyl sites for hydroxylation is 1. The van der Waals surface area contributed by atoms with E-state index in [4.69, 9.17) is 0 Å². The van der Waals surface area contributed by atoms with Crippen LogP contribution < -0.4 is 5.32 Å². The monoisotopic (exact) mass is 363 g/mol. The van der Waals surface area contributed by atoms with Crippen LogP contribution in [-0.4, -0.2) is 45.0 Å². The number of carbonyl (C=O) groups excluding carboxylic acids is 2. The molecule has 0 bridgehead atoms. The van der Waals surface area contributed by atoms with Crippen molar-refractivity contribution < 1.29 is 9.59 Å². The number of aromatic nitrogens is 3. The van der Waals surface area contributed by atoms with Crippen molar-refractivity contribution in [3.8, 4) is 0 Å². The van der Waals surface area contributed by atoms with Crippen molar-refractivity contribution in [1.29, 1.82) is 0 Å². The molecule has 0 saturated carbocycles. The van der Waals surface area contributed by atoms with Crippen molar-refractivity contribution in [2.24, 2.45) is 5.92 Å². The summed E-state index contributed by atoms with van der Waals surface area (Å²) >= 11 is 0. The highest BCUT2D eigenvalue weighted by Gasteiger charge is 2.29. The van der Waals surface area contributed by atoms with E-state index < -0.39 is 0 Å². The molecular formula is C20H21N5O2. The number of nitrogens with zero attached hydrogens (tertiary/aromatic N) is 3. The number of para-hydroxylation sites is 1. The summed E-state index contributed by atoms with van der Waals surface area (Å²) in [5, 5.41) is 10.8. The SMILES string of the molecule is Cc1ccc(NC(=O)C2CCN(C(=O)c3n[nH]c4ccccc34)CC2)nc1. The molecule has 2 aromatic heterocycles. The Morgan fingerprint density at radius 3 is 2.67 bits per heavy atom. The first-order valence-corrected chi connectivity index (χ1v) is 9.08. The van der Waals surface area contributed by atoms with Crippen LogP contribution in [0.4, 0.5) is 5.82 Å². The molecular weight excluding hydrogens is 342 g/mol. The van der Waals surface area contributed by atoms with Crippen molar-refractivity contribution in [2.45, 2.75) is 19.8 Å². The molecule has 0 atom stereocenters. The number of aromatic amines is 1. The first-order chi connectivity index (χ1) is 13.1. The van der Waals surface area contributed by atoms with Crippen LogP contribution in [0.1, 0.15) is 28.9 Å². The molecule has 7 nitrogen and oxygen atoms in total. The Bertz CT molecular complexity index is 971. The lowest BCUT2D eigenvalue weighted by molar-refractivity contribution is -0.121. The summed E-state index contributed by atoms with van der Waals surface area (Å²) < 4.78 is 0. The van der Waals surface area contributed by atoms with Crippen LogP contribution in [0.2, 0.25) is 0 Å². The van der Waals surface area contributed by atoms with Gasteiger partial charge in [0, 0.05) is 30.6 Å². The molecule has 1 aromatic carbocycles. The van der Waals surface area contributed by atoms with Crippen LogP contribution in [0.5, 0.6) is 0 Å². The highest BCUT2D eigenvalue weighted by Crippen LogP contribution is 2.23. The largest absolute Gasteiger partial charge is 0.337 e. The topological polar surface area (TPSA) is 91.0 Å². The smallest absolute Gasteiger partial charge is 0.274 e. The quantitative estimate of drug-likeness (QED) is 0.749. The molecule has 3 aromatic rings. The number of pyridine rings is 1. The Morgan fingerprint density at radius 1 is 1.15 bits per heavy atom. The fraction of sp³-hybridized carbons (Fsp3) is 0.300. The fourth-order valence-electron chi connectivity index (χ4n) is 3.39. The van der Waals surface area contributed by atoms with Crippen LogP contribution >= 0.6 is 0 Å². The highest BCUT2D eigenvalue weighted by molar-refractivity contribution is 6.04. The molecule has 2 amide bonds. The molecule has 0 radical (unpaired) electrons. The Kier molecular flexibility index (Phi) is 4.58. The van der Waals surface area contributed by atoms with Crippen LogP contribution in [0.3, 0.4) is 0 Å². The second-order valence-corrected chi connectivity index (χ2v) is 6.89. The molecule has 1 aliphatic rings. The molecule has 0 spiro atoms. The number of amides is 2. The van der Waals surface area contributed by atoms with Crippen molar-refractivity contribution >= 4 is 28.5 Å². The maximum Gasteiger partial charge on any atom is 0.274 e. The van der Waals surface area contributed by atoms with E-state index in [2.05, 4.69) is 20.5 Å². The molecule has 1 fully saturated rings. The van der Waals surface area contributed by atoms with Crippen molar-refractivity contribution in [3.63, 3.8) is 0 Å². The van der Waals surface area contributed by atoms with Gasteiger partial charge in [0.1, 0.15) is 5.82 Å². The van der Waals surface area contributed by atoms with Crippen molar-refractivity contribution in [1.82, 2.24) is 20.1 Å². The standard InChI is InChI=1S/C20H21N5O2/c1-13-6-7-17(21-12-13)22-19(26)14-8-10-25(11-9-14)20(27)18-15-4-2-3-5-16(15)23-24-18/h2-7,12,14H,8-11H2,1H3,(H,23,24)(H,21,22,26). The highest BCUT2D eigenvalue weighted by atomic mass is 16.2. The van der Waals surface area contributed by atoms with Gasteiger partial charge in [-0.05, 0) is 37.5 Å². The number of nitrogens with one attached hydrogen (secondary N) is 2. The molecule has 1 aliphatic heterocycles.